The van der Waals surface area contributed by atoms with Gasteiger partial charge in [-0.15, -0.1) is 0 Å². The number of imidazole rings is 1. The van der Waals surface area contributed by atoms with Gasteiger partial charge in [0, 0.05) is 6.54 Å². The highest BCUT2D eigenvalue weighted by Gasteiger charge is 2.17. The molecule has 1 atom stereocenters. The molecule has 0 saturated carbocycles. The van der Waals surface area contributed by atoms with Crippen LogP contribution in [0.4, 0.5) is 0 Å². The molecule has 3 heteroatoms. The monoisotopic (exact) mass is 322 g/mol. The van der Waals surface area contributed by atoms with Gasteiger partial charge in [0.1, 0.15) is 5.75 Å². The molecule has 0 aliphatic carbocycles. The van der Waals surface area contributed by atoms with E-state index in [0.717, 1.165) is 23.6 Å². The van der Waals surface area contributed by atoms with E-state index in [9.17, 15) is 0 Å². The number of nitrogens with zero attached hydrogens (tertiary/aromatic N) is 2. The summed E-state index contributed by atoms with van der Waals surface area (Å²) in [6, 6.07) is 18.3. The largest absolute Gasteiger partial charge is 0.483 e. The van der Waals surface area contributed by atoms with Crippen molar-refractivity contribution in [3.8, 4) is 5.75 Å². The van der Waals surface area contributed by atoms with E-state index in [2.05, 4.69) is 36.6 Å². The van der Waals surface area contributed by atoms with Crippen LogP contribution in [0.25, 0.3) is 11.0 Å². The summed E-state index contributed by atoms with van der Waals surface area (Å²) in [6.45, 7) is 5.32. The lowest BCUT2D eigenvalue weighted by Crippen LogP contribution is -2.12. The van der Waals surface area contributed by atoms with Gasteiger partial charge < -0.3 is 9.30 Å². The SMILES string of the molecule is CCCCCCn1c(C(C)Oc2ccccc2)nc2ccccc21. The summed E-state index contributed by atoms with van der Waals surface area (Å²) in [5.74, 6) is 1.89. The molecule has 126 valence electrons. The molecular formula is C21H26N2O. The first-order valence-electron chi connectivity index (χ1n) is 8.96. The lowest BCUT2D eigenvalue weighted by molar-refractivity contribution is 0.211. The van der Waals surface area contributed by atoms with Gasteiger partial charge in [0.15, 0.2) is 11.9 Å². The molecule has 1 heterocycles. The van der Waals surface area contributed by atoms with Crippen molar-refractivity contribution >= 4 is 11.0 Å². The summed E-state index contributed by atoms with van der Waals surface area (Å²) in [5.41, 5.74) is 2.25. The summed E-state index contributed by atoms with van der Waals surface area (Å²) in [6.07, 6.45) is 4.91. The average Bonchev–Trinajstić information content (AvgIpc) is 2.98. The average molecular weight is 322 g/mol. The number of unbranched alkanes of at least 4 members (excludes halogenated alkanes) is 3. The Hall–Kier alpha value is -2.29. The Bertz CT molecular complexity index is 764. The molecule has 0 saturated heterocycles. The summed E-state index contributed by atoms with van der Waals surface area (Å²) >= 11 is 0. The van der Waals surface area contributed by atoms with Crippen LogP contribution in [0, 0.1) is 0 Å². The fraction of sp³-hybridized carbons (Fsp3) is 0.381. The Kier molecular flexibility index (Phi) is 5.52. The third kappa shape index (κ3) is 3.78. The maximum atomic E-state index is 6.11. The van der Waals surface area contributed by atoms with Gasteiger partial charge in [-0.2, -0.15) is 0 Å². The van der Waals surface area contributed by atoms with Crippen molar-refractivity contribution in [2.45, 2.75) is 52.2 Å². The number of hydrogen-bond donors (Lipinski definition) is 0. The molecule has 0 amide bonds. The molecule has 0 fully saturated rings. The minimum absolute atomic E-state index is 0.0778. The standard InChI is InChI=1S/C21H26N2O/c1-3-4-5-11-16-23-20-15-10-9-14-19(20)22-21(23)17(2)24-18-12-7-6-8-13-18/h6-10,12-15,17H,3-5,11,16H2,1-2H3. The highest BCUT2D eigenvalue weighted by atomic mass is 16.5. The lowest BCUT2D eigenvalue weighted by Gasteiger charge is -2.16. The molecule has 0 radical (unpaired) electrons. The summed E-state index contributed by atoms with van der Waals surface area (Å²) in [7, 11) is 0. The van der Waals surface area contributed by atoms with Crippen LogP contribution in [0.2, 0.25) is 0 Å². The first-order valence-corrected chi connectivity index (χ1v) is 8.96. The predicted octanol–water partition coefficient (Wildman–Crippen LogP) is 5.76. The van der Waals surface area contributed by atoms with Crippen molar-refractivity contribution < 1.29 is 4.74 Å². The Labute approximate surface area is 144 Å². The van der Waals surface area contributed by atoms with Crippen LogP contribution in [0.5, 0.6) is 5.75 Å². The summed E-state index contributed by atoms with van der Waals surface area (Å²) in [4.78, 5) is 4.85. The Morgan fingerprint density at radius 1 is 0.958 bits per heavy atom. The second kappa shape index (κ2) is 8.00. The normalized spacial score (nSPS) is 12.4. The number of benzene rings is 2. The van der Waals surface area contributed by atoms with Gasteiger partial charge in [-0.1, -0.05) is 56.5 Å². The molecule has 3 aromatic rings. The maximum absolute atomic E-state index is 6.11. The van der Waals surface area contributed by atoms with E-state index in [-0.39, 0.29) is 6.10 Å². The smallest absolute Gasteiger partial charge is 0.153 e. The van der Waals surface area contributed by atoms with Crippen molar-refractivity contribution in [3.05, 3.63) is 60.4 Å². The minimum Gasteiger partial charge on any atom is -0.483 e. The number of hydrogen-bond acceptors (Lipinski definition) is 2. The topological polar surface area (TPSA) is 27.1 Å². The highest BCUT2D eigenvalue weighted by Crippen LogP contribution is 2.25. The molecule has 0 aliphatic rings. The van der Waals surface area contributed by atoms with Gasteiger partial charge in [0.2, 0.25) is 0 Å². The summed E-state index contributed by atoms with van der Waals surface area (Å²) < 4.78 is 8.45. The van der Waals surface area contributed by atoms with Crippen LogP contribution >= 0.6 is 0 Å². The van der Waals surface area contributed by atoms with Gasteiger partial charge in [-0.05, 0) is 37.6 Å². The van der Waals surface area contributed by atoms with Crippen LogP contribution in [0.3, 0.4) is 0 Å². The zero-order chi connectivity index (χ0) is 16.8. The minimum atomic E-state index is -0.0778. The third-order valence-corrected chi connectivity index (χ3v) is 4.34. The molecule has 3 rings (SSSR count). The third-order valence-electron chi connectivity index (χ3n) is 4.34. The fourth-order valence-corrected chi connectivity index (χ4v) is 3.09. The van der Waals surface area contributed by atoms with Gasteiger partial charge in [-0.3, -0.25) is 0 Å². The zero-order valence-electron chi connectivity index (χ0n) is 14.6. The molecule has 3 nitrogen and oxygen atoms in total. The number of ether oxygens (including phenoxy) is 1. The number of para-hydroxylation sites is 3. The van der Waals surface area contributed by atoms with Crippen molar-refractivity contribution in [3.63, 3.8) is 0 Å². The van der Waals surface area contributed by atoms with Gasteiger partial charge >= 0.3 is 0 Å². The molecule has 2 aromatic carbocycles. The fourth-order valence-electron chi connectivity index (χ4n) is 3.09. The first-order chi connectivity index (χ1) is 11.8. The van der Waals surface area contributed by atoms with E-state index in [0.29, 0.717) is 0 Å². The quantitative estimate of drug-likeness (QED) is 0.493. The van der Waals surface area contributed by atoms with Crippen LogP contribution in [-0.2, 0) is 6.54 Å². The van der Waals surface area contributed by atoms with Crippen molar-refractivity contribution in [1.29, 1.82) is 0 Å². The molecular weight excluding hydrogens is 296 g/mol. The van der Waals surface area contributed by atoms with Crippen LogP contribution in [0.1, 0.15) is 51.5 Å². The lowest BCUT2D eigenvalue weighted by atomic mass is 10.2. The van der Waals surface area contributed by atoms with Crippen LogP contribution < -0.4 is 4.74 Å². The molecule has 0 aliphatic heterocycles. The molecule has 1 aromatic heterocycles. The first kappa shape index (κ1) is 16.6. The van der Waals surface area contributed by atoms with E-state index in [1.165, 1.54) is 31.2 Å². The number of fused-ring (bicyclic) bond motifs is 1. The van der Waals surface area contributed by atoms with E-state index >= 15 is 0 Å². The van der Waals surface area contributed by atoms with Crippen molar-refractivity contribution in [1.82, 2.24) is 9.55 Å². The number of aryl methyl sites for hydroxylation is 1. The molecule has 0 bridgehead atoms. The van der Waals surface area contributed by atoms with Gasteiger partial charge in [0.05, 0.1) is 11.0 Å². The summed E-state index contributed by atoms with van der Waals surface area (Å²) in [5, 5.41) is 0. The van der Waals surface area contributed by atoms with E-state index in [1.807, 2.05) is 36.4 Å². The van der Waals surface area contributed by atoms with E-state index in [1.54, 1.807) is 0 Å². The van der Waals surface area contributed by atoms with E-state index < -0.39 is 0 Å². The molecule has 0 N–H and O–H groups in total. The Morgan fingerprint density at radius 2 is 1.71 bits per heavy atom. The second-order valence-electron chi connectivity index (χ2n) is 6.24. The second-order valence-corrected chi connectivity index (χ2v) is 6.24. The van der Waals surface area contributed by atoms with Crippen molar-refractivity contribution in [2.75, 3.05) is 0 Å². The predicted molar refractivity (Wildman–Crippen MR) is 99.4 cm³/mol. The Morgan fingerprint density at radius 3 is 2.50 bits per heavy atom. The van der Waals surface area contributed by atoms with Gasteiger partial charge in [0.25, 0.3) is 0 Å². The van der Waals surface area contributed by atoms with Crippen LogP contribution in [0.15, 0.2) is 54.6 Å². The van der Waals surface area contributed by atoms with Crippen LogP contribution in [-0.4, -0.2) is 9.55 Å². The molecule has 0 spiro atoms. The molecule has 24 heavy (non-hydrogen) atoms. The molecule has 1 unspecified atom stereocenters. The number of aromatic nitrogens is 2. The highest BCUT2D eigenvalue weighted by molar-refractivity contribution is 5.76. The zero-order valence-corrected chi connectivity index (χ0v) is 14.6. The van der Waals surface area contributed by atoms with Gasteiger partial charge in [-0.25, -0.2) is 4.98 Å². The van der Waals surface area contributed by atoms with E-state index in [4.69, 9.17) is 9.72 Å². The Balaban J connectivity index is 1.85. The van der Waals surface area contributed by atoms with Crippen molar-refractivity contribution in [2.24, 2.45) is 0 Å². The number of rotatable bonds is 8. The maximum Gasteiger partial charge on any atom is 0.153 e.